The Kier molecular flexibility index (Phi) is 7.49. The second-order valence-electron chi connectivity index (χ2n) is 4.12. The molecule has 0 radical (unpaired) electrons. The van der Waals surface area contributed by atoms with Crippen LogP contribution in [0, 0.1) is 0 Å². The topological polar surface area (TPSA) is 21.3 Å². The van der Waals surface area contributed by atoms with Gasteiger partial charge < -0.3 is 10.1 Å². The van der Waals surface area contributed by atoms with Crippen LogP contribution in [0.15, 0.2) is 28.7 Å². The van der Waals surface area contributed by atoms with Gasteiger partial charge >= 0.3 is 0 Å². The maximum Gasteiger partial charge on any atom is 0.0949 e. The summed E-state index contributed by atoms with van der Waals surface area (Å²) in [5, 5.41) is 3.42. The van der Waals surface area contributed by atoms with Gasteiger partial charge in [0, 0.05) is 17.6 Å². The lowest BCUT2D eigenvalue weighted by molar-refractivity contribution is 0.0531. The van der Waals surface area contributed by atoms with Gasteiger partial charge in [-0.05, 0) is 37.1 Å². The van der Waals surface area contributed by atoms with Crippen LogP contribution in [0.4, 0.5) is 0 Å². The molecule has 0 aliphatic rings. The predicted octanol–water partition coefficient (Wildman–Crippen LogP) is 3.92. The number of nitrogens with one attached hydrogen (secondary N) is 1. The third kappa shape index (κ3) is 5.66. The van der Waals surface area contributed by atoms with E-state index in [0.29, 0.717) is 0 Å². The van der Waals surface area contributed by atoms with Gasteiger partial charge in [-0.2, -0.15) is 0 Å². The van der Waals surface area contributed by atoms with Crippen molar-refractivity contribution < 1.29 is 4.74 Å². The zero-order valence-corrected chi connectivity index (χ0v) is 12.3. The van der Waals surface area contributed by atoms with E-state index in [9.17, 15) is 0 Å². The van der Waals surface area contributed by atoms with Crippen LogP contribution >= 0.6 is 15.9 Å². The van der Waals surface area contributed by atoms with Crippen molar-refractivity contribution in [2.75, 3.05) is 19.7 Å². The van der Waals surface area contributed by atoms with E-state index in [1.165, 1.54) is 5.56 Å². The number of hydrogen-bond acceptors (Lipinski definition) is 2. The third-order valence-corrected chi connectivity index (χ3v) is 2.99. The Bertz CT molecular complexity index is 317. The summed E-state index contributed by atoms with van der Waals surface area (Å²) in [5.41, 5.74) is 1.23. The Morgan fingerprint density at radius 1 is 1.29 bits per heavy atom. The van der Waals surface area contributed by atoms with Crippen LogP contribution in [0.3, 0.4) is 0 Å². The normalized spacial score (nSPS) is 12.6. The number of ether oxygens (including phenoxy) is 1. The quantitative estimate of drug-likeness (QED) is 0.735. The van der Waals surface area contributed by atoms with E-state index in [2.05, 4.69) is 53.3 Å². The first-order valence-electron chi connectivity index (χ1n) is 6.35. The molecule has 1 aromatic rings. The average molecular weight is 300 g/mol. The van der Waals surface area contributed by atoms with Crippen molar-refractivity contribution in [1.29, 1.82) is 0 Å². The molecule has 0 aromatic heterocycles. The van der Waals surface area contributed by atoms with Crippen LogP contribution in [-0.2, 0) is 4.74 Å². The van der Waals surface area contributed by atoms with Gasteiger partial charge in [0.15, 0.2) is 0 Å². The Morgan fingerprint density at radius 2 is 2.12 bits per heavy atom. The van der Waals surface area contributed by atoms with Crippen molar-refractivity contribution in [3.05, 3.63) is 34.3 Å². The van der Waals surface area contributed by atoms with E-state index in [0.717, 1.165) is 37.0 Å². The van der Waals surface area contributed by atoms with E-state index in [4.69, 9.17) is 4.74 Å². The fraction of sp³-hybridized carbons (Fsp3) is 0.571. The maximum atomic E-state index is 5.90. The van der Waals surface area contributed by atoms with Gasteiger partial charge in [0.1, 0.15) is 0 Å². The minimum Gasteiger partial charge on any atom is -0.372 e. The first kappa shape index (κ1) is 14.7. The highest BCUT2D eigenvalue weighted by Crippen LogP contribution is 2.21. The van der Waals surface area contributed by atoms with E-state index >= 15 is 0 Å². The highest BCUT2D eigenvalue weighted by atomic mass is 79.9. The first-order chi connectivity index (χ1) is 8.27. The number of benzene rings is 1. The Hall–Kier alpha value is -0.380. The van der Waals surface area contributed by atoms with E-state index in [1.807, 2.05) is 6.07 Å². The van der Waals surface area contributed by atoms with Gasteiger partial charge in [0.05, 0.1) is 6.10 Å². The number of halogens is 1. The SMILES string of the molecule is CCCNCC(OCCC)c1cccc(Br)c1. The molecule has 0 bridgehead atoms. The molecule has 0 amide bonds. The minimum absolute atomic E-state index is 0.152. The van der Waals surface area contributed by atoms with Crippen LogP contribution in [0.1, 0.15) is 38.4 Å². The molecule has 0 spiro atoms. The summed E-state index contributed by atoms with van der Waals surface area (Å²) >= 11 is 3.50. The van der Waals surface area contributed by atoms with Gasteiger partial charge in [0.25, 0.3) is 0 Å². The van der Waals surface area contributed by atoms with E-state index in [-0.39, 0.29) is 6.10 Å². The van der Waals surface area contributed by atoms with Crippen molar-refractivity contribution in [2.24, 2.45) is 0 Å². The highest BCUT2D eigenvalue weighted by Gasteiger charge is 2.11. The van der Waals surface area contributed by atoms with Gasteiger partial charge in [-0.1, -0.05) is 41.9 Å². The number of hydrogen-bond donors (Lipinski definition) is 1. The molecule has 1 unspecified atom stereocenters. The van der Waals surface area contributed by atoms with Crippen molar-refractivity contribution >= 4 is 15.9 Å². The first-order valence-corrected chi connectivity index (χ1v) is 7.15. The number of rotatable bonds is 8. The molecule has 0 saturated heterocycles. The van der Waals surface area contributed by atoms with Crippen LogP contribution in [0.25, 0.3) is 0 Å². The summed E-state index contributed by atoms with van der Waals surface area (Å²) in [5.74, 6) is 0. The molecular weight excluding hydrogens is 278 g/mol. The molecule has 0 heterocycles. The molecule has 0 aliphatic carbocycles. The molecule has 0 saturated carbocycles. The fourth-order valence-corrected chi connectivity index (χ4v) is 2.07. The Labute approximate surface area is 113 Å². The summed E-state index contributed by atoms with van der Waals surface area (Å²) in [6.45, 7) is 7.04. The lowest BCUT2D eigenvalue weighted by Crippen LogP contribution is -2.24. The van der Waals surface area contributed by atoms with Gasteiger partial charge in [-0.3, -0.25) is 0 Å². The van der Waals surface area contributed by atoms with E-state index < -0.39 is 0 Å². The van der Waals surface area contributed by atoms with E-state index in [1.54, 1.807) is 0 Å². The summed E-state index contributed by atoms with van der Waals surface area (Å²) in [4.78, 5) is 0. The molecule has 1 N–H and O–H groups in total. The molecule has 1 atom stereocenters. The second-order valence-corrected chi connectivity index (χ2v) is 5.03. The largest absolute Gasteiger partial charge is 0.372 e. The molecule has 2 nitrogen and oxygen atoms in total. The van der Waals surface area contributed by atoms with Crippen molar-refractivity contribution in [3.8, 4) is 0 Å². The Morgan fingerprint density at radius 3 is 2.76 bits per heavy atom. The fourth-order valence-electron chi connectivity index (χ4n) is 1.65. The van der Waals surface area contributed by atoms with Crippen molar-refractivity contribution in [2.45, 2.75) is 32.8 Å². The highest BCUT2D eigenvalue weighted by molar-refractivity contribution is 9.10. The van der Waals surface area contributed by atoms with Gasteiger partial charge in [0.2, 0.25) is 0 Å². The monoisotopic (exact) mass is 299 g/mol. The molecular formula is C14H22BrNO. The molecule has 17 heavy (non-hydrogen) atoms. The molecule has 3 heteroatoms. The Balaban J connectivity index is 2.60. The minimum atomic E-state index is 0.152. The lowest BCUT2D eigenvalue weighted by atomic mass is 10.1. The lowest BCUT2D eigenvalue weighted by Gasteiger charge is -2.19. The summed E-state index contributed by atoms with van der Waals surface area (Å²) in [7, 11) is 0. The van der Waals surface area contributed by atoms with Crippen molar-refractivity contribution in [1.82, 2.24) is 5.32 Å². The van der Waals surface area contributed by atoms with Crippen LogP contribution in [-0.4, -0.2) is 19.7 Å². The average Bonchev–Trinajstić information content (AvgIpc) is 2.33. The van der Waals surface area contributed by atoms with Gasteiger partial charge in [-0.15, -0.1) is 0 Å². The second kappa shape index (κ2) is 8.67. The summed E-state index contributed by atoms with van der Waals surface area (Å²) < 4.78 is 7.00. The third-order valence-electron chi connectivity index (χ3n) is 2.50. The van der Waals surface area contributed by atoms with Crippen LogP contribution in [0.2, 0.25) is 0 Å². The molecule has 96 valence electrons. The summed E-state index contributed by atoms with van der Waals surface area (Å²) in [6, 6.07) is 8.36. The molecule has 0 fully saturated rings. The molecule has 1 rings (SSSR count). The summed E-state index contributed by atoms with van der Waals surface area (Å²) in [6.07, 6.45) is 2.36. The zero-order chi connectivity index (χ0) is 12.5. The standard InChI is InChI=1S/C14H22BrNO/c1-3-8-16-11-14(17-9-4-2)12-6-5-7-13(15)10-12/h5-7,10,14,16H,3-4,8-9,11H2,1-2H3. The van der Waals surface area contributed by atoms with Crippen LogP contribution < -0.4 is 5.32 Å². The predicted molar refractivity (Wildman–Crippen MR) is 76.3 cm³/mol. The maximum absolute atomic E-state index is 5.90. The van der Waals surface area contributed by atoms with Crippen LogP contribution in [0.5, 0.6) is 0 Å². The smallest absolute Gasteiger partial charge is 0.0949 e. The molecule has 0 aliphatic heterocycles. The molecule has 1 aromatic carbocycles. The van der Waals surface area contributed by atoms with Crippen molar-refractivity contribution in [3.63, 3.8) is 0 Å². The zero-order valence-electron chi connectivity index (χ0n) is 10.7. The van der Waals surface area contributed by atoms with Gasteiger partial charge in [-0.25, -0.2) is 0 Å².